The van der Waals surface area contributed by atoms with Crippen LogP contribution in [0.15, 0.2) is 23.3 Å². The quantitative estimate of drug-likeness (QED) is 0.0701. The van der Waals surface area contributed by atoms with Crippen LogP contribution >= 0.6 is 0 Å². The summed E-state index contributed by atoms with van der Waals surface area (Å²) in [6.07, 6.45) is 38.8. The van der Waals surface area contributed by atoms with E-state index in [2.05, 4.69) is 63.5 Å². The summed E-state index contributed by atoms with van der Waals surface area (Å²) in [5.74, 6) is 11.6. The molecule has 0 spiro atoms. The van der Waals surface area contributed by atoms with Gasteiger partial charge in [-0.2, -0.15) is 0 Å². The van der Waals surface area contributed by atoms with Gasteiger partial charge in [0.2, 0.25) is 0 Å². The Morgan fingerprint density at radius 1 is 0.596 bits per heavy atom. The SMILES string of the molecule is C#CC(C)(C)O.C#CC(C)(CCC=C(C)C)OC(C)=O.C#CC(C)(O)CCC=C(C)C.C#CC(C)(O)CCCC(C)CCCC(C)CCCC(C)C. The van der Waals surface area contributed by atoms with Crippen molar-refractivity contribution in [3.05, 3.63) is 23.3 Å². The van der Waals surface area contributed by atoms with Gasteiger partial charge < -0.3 is 20.1 Å². The van der Waals surface area contributed by atoms with Crippen LogP contribution in [0.5, 0.6) is 0 Å². The molecule has 298 valence electrons. The number of allylic oxidation sites excluding steroid dienone is 4. The maximum Gasteiger partial charge on any atom is 0.304 e. The molecule has 0 rings (SSSR count). The highest BCUT2D eigenvalue weighted by Crippen LogP contribution is 2.23. The van der Waals surface area contributed by atoms with E-state index in [1.807, 2.05) is 27.7 Å². The predicted molar refractivity (Wildman–Crippen MR) is 225 cm³/mol. The first kappa shape index (κ1) is 55.8. The summed E-state index contributed by atoms with van der Waals surface area (Å²) >= 11 is 0. The smallest absolute Gasteiger partial charge is 0.304 e. The number of aliphatic hydroxyl groups is 3. The van der Waals surface area contributed by atoms with Crippen molar-refractivity contribution < 1.29 is 24.9 Å². The van der Waals surface area contributed by atoms with Crippen molar-refractivity contribution in [3.63, 3.8) is 0 Å². The fraction of sp³-hybridized carbons (Fsp3) is 0.723. The van der Waals surface area contributed by atoms with Gasteiger partial charge in [-0.15, -0.1) is 25.7 Å². The van der Waals surface area contributed by atoms with Gasteiger partial charge in [0.05, 0.1) is 0 Å². The van der Waals surface area contributed by atoms with Gasteiger partial charge in [-0.25, -0.2) is 0 Å². The van der Waals surface area contributed by atoms with Crippen LogP contribution in [-0.4, -0.2) is 43.7 Å². The first-order chi connectivity index (χ1) is 23.7. The highest BCUT2D eigenvalue weighted by atomic mass is 16.6. The minimum absolute atomic E-state index is 0.331. The zero-order chi connectivity index (χ0) is 41.6. The topological polar surface area (TPSA) is 87.0 Å². The molecule has 0 saturated heterocycles. The van der Waals surface area contributed by atoms with Gasteiger partial charge in [-0.3, -0.25) is 4.79 Å². The maximum atomic E-state index is 10.8. The van der Waals surface area contributed by atoms with Gasteiger partial charge in [0.15, 0.2) is 5.60 Å². The molecule has 0 aromatic rings. The average Bonchev–Trinajstić information content (AvgIpc) is 3.00. The lowest BCUT2D eigenvalue weighted by Gasteiger charge is -2.22. The van der Waals surface area contributed by atoms with Gasteiger partial charge in [0.25, 0.3) is 0 Å². The van der Waals surface area contributed by atoms with E-state index in [0.717, 1.165) is 43.4 Å². The Bertz CT molecular complexity index is 1160. The summed E-state index contributed by atoms with van der Waals surface area (Å²) in [5, 5.41) is 27.7. The van der Waals surface area contributed by atoms with Crippen molar-refractivity contribution in [2.75, 3.05) is 0 Å². The molecule has 3 N–H and O–H groups in total. The zero-order valence-electron chi connectivity index (χ0n) is 36.0. The number of hydrogen-bond acceptors (Lipinski definition) is 5. The van der Waals surface area contributed by atoms with Crippen molar-refractivity contribution in [3.8, 4) is 49.4 Å². The van der Waals surface area contributed by atoms with Crippen molar-refractivity contribution in [2.24, 2.45) is 17.8 Å². The van der Waals surface area contributed by atoms with Gasteiger partial charge in [0.1, 0.15) is 16.8 Å². The number of carbonyl (C=O) groups is 1. The number of rotatable bonds is 19. The monoisotopic (exact) mass is 725 g/mol. The standard InChI is InChI=1S/C20H38O.C12H18O2.C10H16O.C5H8O/c1-7-20(6,21)16-10-15-19(5)14-9-13-18(4)12-8-11-17(2)3;1-6-12(5,14-11(4)13)9-7-8-10(2)3;1-5-10(4,11)8-6-7-9(2)3;1-4-5(2,3)6/h1,17-19,21H,8-16H2,2-6H3;1,8H,7,9H2,2-5H3;1,7,11H,6,8H2,2-4H3;1,6H,2-3H3. The molecule has 0 saturated carbocycles. The molecule has 5 atom stereocenters. The van der Waals surface area contributed by atoms with E-state index in [9.17, 15) is 15.0 Å². The van der Waals surface area contributed by atoms with Crippen LogP contribution in [-0.2, 0) is 9.53 Å². The molecule has 0 amide bonds. The second-order valence-corrected chi connectivity index (χ2v) is 16.5. The number of terminal acetylenes is 4. The fourth-order valence-corrected chi connectivity index (χ4v) is 4.67. The van der Waals surface area contributed by atoms with E-state index in [1.165, 1.54) is 63.0 Å². The molecule has 0 bridgehead atoms. The number of ether oxygens (including phenoxy) is 1. The second kappa shape index (κ2) is 30.5. The average molecular weight is 725 g/mol. The van der Waals surface area contributed by atoms with Gasteiger partial charge in [-0.05, 0) is 112 Å². The van der Waals surface area contributed by atoms with Gasteiger partial charge in [-0.1, -0.05) is 120 Å². The molecule has 0 aromatic carbocycles. The molecule has 5 nitrogen and oxygen atoms in total. The predicted octanol–water partition coefficient (Wildman–Crippen LogP) is 11.0. The summed E-state index contributed by atoms with van der Waals surface area (Å²) in [6, 6.07) is 0. The molecule has 52 heavy (non-hydrogen) atoms. The third-order valence-electron chi connectivity index (χ3n) is 8.24. The van der Waals surface area contributed by atoms with E-state index in [0.29, 0.717) is 12.8 Å². The van der Waals surface area contributed by atoms with Gasteiger partial charge in [0, 0.05) is 13.3 Å². The number of carbonyl (C=O) groups excluding carboxylic acids is 1. The Labute approximate surface area is 323 Å². The molecule has 0 aliphatic carbocycles. The van der Waals surface area contributed by atoms with Crippen molar-refractivity contribution in [1.29, 1.82) is 0 Å². The van der Waals surface area contributed by atoms with Crippen LogP contribution in [0.3, 0.4) is 0 Å². The van der Waals surface area contributed by atoms with Crippen LogP contribution in [0.25, 0.3) is 0 Å². The lowest BCUT2D eigenvalue weighted by atomic mass is 9.90. The highest BCUT2D eigenvalue weighted by Gasteiger charge is 2.23. The Kier molecular flexibility index (Phi) is 32.8. The molecule has 5 heteroatoms. The second-order valence-electron chi connectivity index (χ2n) is 16.5. The minimum Gasteiger partial charge on any atom is -0.446 e. The summed E-state index contributed by atoms with van der Waals surface area (Å²) in [4.78, 5) is 10.8. The Balaban J connectivity index is -0.000000322. The Hall–Kier alpha value is -2.93. The molecule has 0 fully saturated rings. The third kappa shape index (κ3) is 45.1. The summed E-state index contributed by atoms with van der Waals surface area (Å²) < 4.78 is 5.06. The molecular formula is C47H80O5. The van der Waals surface area contributed by atoms with Crippen LogP contribution in [0.4, 0.5) is 0 Å². The van der Waals surface area contributed by atoms with Crippen LogP contribution in [0, 0.1) is 67.1 Å². The first-order valence-corrected chi connectivity index (χ1v) is 19.2. The van der Waals surface area contributed by atoms with E-state index < -0.39 is 22.4 Å². The molecule has 5 unspecified atom stereocenters. The van der Waals surface area contributed by atoms with E-state index in [-0.39, 0.29) is 5.97 Å². The molecule has 0 aliphatic rings. The number of esters is 1. The van der Waals surface area contributed by atoms with E-state index >= 15 is 0 Å². The van der Waals surface area contributed by atoms with Crippen molar-refractivity contribution >= 4 is 5.97 Å². The lowest BCUT2D eigenvalue weighted by Crippen LogP contribution is -2.28. The maximum absolute atomic E-state index is 10.8. The summed E-state index contributed by atoms with van der Waals surface area (Å²) in [5.41, 5.74) is -1.04. The van der Waals surface area contributed by atoms with Crippen molar-refractivity contribution in [1.82, 2.24) is 0 Å². The van der Waals surface area contributed by atoms with Crippen molar-refractivity contribution in [2.45, 2.75) is 203 Å². The van der Waals surface area contributed by atoms with Crippen LogP contribution in [0.1, 0.15) is 180 Å². The zero-order valence-corrected chi connectivity index (χ0v) is 36.0. The van der Waals surface area contributed by atoms with Crippen LogP contribution in [0.2, 0.25) is 0 Å². The highest BCUT2D eigenvalue weighted by molar-refractivity contribution is 5.67. The fourth-order valence-electron chi connectivity index (χ4n) is 4.67. The Morgan fingerprint density at radius 2 is 0.962 bits per heavy atom. The first-order valence-electron chi connectivity index (χ1n) is 19.2. The van der Waals surface area contributed by atoms with Crippen LogP contribution < -0.4 is 0 Å². The number of hydrogen-bond donors (Lipinski definition) is 3. The summed E-state index contributed by atoms with van der Waals surface area (Å²) in [7, 11) is 0. The molecule has 0 aromatic heterocycles. The van der Waals surface area contributed by atoms with E-state index in [1.54, 1.807) is 34.6 Å². The summed E-state index contributed by atoms with van der Waals surface area (Å²) in [6.45, 7) is 27.1. The minimum atomic E-state index is -0.939. The normalized spacial score (nSPS) is 15.0. The Morgan fingerprint density at radius 3 is 1.29 bits per heavy atom. The third-order valence-corrected chi connectivity index (χ3v) is 8.24. The largest absolute Gasteiger partial charge is 0.446 e. The molecule has 0 heterocycles. The van der Waals surface area contributed by atoms with E-state index in [4.69, 9.17) is 35.5 Å². The molecule has 0 aliphatic heterocycles. The molecule has 0 radical (unpaired) electrons. The molecular weight excluding hydrogens is 645 g/mol. The lowest BCUT2D eigenvalue weighted by molar-refractivity contribution is -0.150. The van der Waals surface area contributed by atoms with Gasteiger partial charge >= 0.3 is 5.97 Å².